The topological polar surface area (TPSA) is 84.5 Å². The molecule has 0 heterocycles. The van der Waals surface area contributed by atoms with Gasteiger partial charge in [0.15, 0.2) is 6.61 Å². The number of hydrogen-bond acceptors (Lipinski definition) is 4. The van der Waals surface area contributed by atoms with E-state index in [2.05, 4.69) is 10.0 Å². The highest BCUT2D eigenvalue weighted by atomic mass is 35.5. The smallest absolute Gasteiger partial charge is 0.262 e. The molecule has 0 saturated heterocycles. The highest BCUT2D eigenvalue weighted by molar-refractivity contribution is 7.89. The van der Waals surface area contributed by atoms with Crippen LogP contribution in [0.4, 0.5) is 5.69 Å². The second-order valence-electron chi connectivity index (χ2n) is 5.69. The van der Waals surface area contributed by atoms with Gasteiger partial charge in [0.05, 0.1) is 9.92 Å². The first kappa shape index (κ1) is 21.5. The largest absolute Gasteiger partial charge is 0.482 e. The van der Waals surface area contributed by atoms with Crippen molar-refractivity contribution in [2.45, 2.75) is 24.7 Å². The van der Waals surface area contributed by atoms with Crippen LogP contribution in [0.1, 0.15) is 19.8 Å². The molecule has 0 aromatic heterocycles. The zero-order chi connectivity index (χ0) is 19.9. The predicted octanol–water partition coefficient (Wildman–Crippen LogP) is 4.09. The minimum absolute atomic E-state index is 0.0431. The summed E-state index contributed by atoms with van der Waals surface area (Å²) in [5.74, 6) is -0.165. The van der Waals surface area contributed by atoms with Gasteiger partial charge in [-0.1, -0.05) is 36.5 Å². The first-order valence-corrected chi connectivity index (χ1v) is 10.5. The van der Waals surface area contributed by atoms with Crippen molar-refractivity contribution in [2.24, 2.45) is 0 Å². The Labute approximate surface area is 168 Å². The van der Waals surface area contributed by atoms with Crippen LogP contribution in [0, 0.1) is 0 Å². The minimum atomic E-state index is -3.63. The van der Waals surface area contributed by atoms with Gasteiger partial charge < -0.3 is 10.1 Å². The molecule has 6 nitrogen and oxygen atoms in total. The van der Waals surface area contributed by atoms with Crippen LogP contribution < -0.4 is 14.8 Å². The van der Waals surface area contributed by atoms with Gasteiger partial charge >= 0.3 is 0 Å². The molecule has 0 saturated carbocycles. The maximum Gasteiger partial charge on any atom is 0.262 e. The van der Waals surface area contributed by atoms with Crippen LogP contribution >= 0.6 is 23.2 Å². The van der Waals surface area contributed by atoms with E-state index in [4.69, 9.17) is 27.9 Å². The lowest BCUT2D eigenvalue weighted by atomic mass is 10.3. The van der Waals surface area contributed by atoms with Crippen molar-refractivity contribution in [3.05, 3.63) is 52.5 Å². The maximum absolute atomic E-state index is 12.2. The van der Waals surface area contributed by atoms with Crippen LogP contribution in [0.3, 0.4) is 0 Å². The van der Waals surface area contributed by atoms with E-state index in [1.165, 1.54) is 18.2 Å². The lowest BCUT2D eigenvalue weighted by Crippen LogP contribution is -2.24. The summed E-state index contributed by atoms with van der Waals surface area (Å²) in [6, 6.07) is 10.7. The molecule has 2 aromatic rings. The Kier molecular flexibility index (Phi) is 7.91. The van der Waals surface area contributed by atoms with Gasteiger partial charge in [0, 0.05) is 17.3 Å². The van der Waals surface area contributed by atoms with Gasteiger partial charge in [-0.2, -0.15) is 0 Å². The molecule has 1 amide bonds. The Morgan fingerprint density at radius 2 is 1.81 bits per heavy atom. The number of sulfonamides is 1. The molecule has 0 aliphatic heterocycles. The Hall–Kier alpha value is -1.80. The van der Waals surface area contributed by atoms with Crippen LogP contribution in [0.15, 0.2) is 47.4 Å². The molecule has 0 aliphatic carbocycles. The standard InChI is InChI=1S/C18H20Cl2N2O4S/c1-2-3-10-21-27(24,25)15-8-9-17(16(20)11-15)26-12-18(23)22-14-6-4-13(19)5-7-14/h4-9,11,21H,2-3,10,12H2,1H3,(H,22,23). The van der Waals surface area contributed by atoms with Gasteiger partial charge in [0.1, 0.15) is 5.75 Å². The minimum Gasteiger partial charge on any atom is -0.482 e. The number of halogens is 2. The number of unbranched alkanes of at least 4 members (excludes halogenated alkanes) is 1. The third-order valence-electron chi connectivity index (χ3n) is 3.52. The van der Waals surface area contributed by atoms with E-state index in [0.717, 1.165) is 12.8 Å². The van der Waals surface area contributed by atoms with Gasteiger partial charge in [-0.15, -0.1) is 0 Å². The molecule has 0 bridgehead atoms. The maximum atomic E-state index is 12.2. The fraction of sp³-hybridized carbons (Fsp3) is 0.278. The number of ether oxygens (including phenoxy) is 1. The zero-order valence-corrected chi connectivity index (χ0v) is 17.0. The molecule has 146 valence electrons. The summed E-state index contributed by atoms with van der Waals surface area (Å²) in [5.41, 5.74) is 0.582. The van der Waals surface area contributed by atoms with Crippen LogP contribution in [0.5, 0.6) is 5.75 Å². The number of hydrogen-bond donors (Lipinski definition) is 2. The number of benzene rings is 2. The van der Waals surface area contributed by atoms with Gasteiger partial charge in [-0.25, -0.2) is 13.1 Å². The fourth-order valence-electron chi connectivity index (χ4n) is 2.11. The molecule has 27 heavy (non-hydrogen) atoms. The van der Waals surface area contributed by atoms with Crippen molar-refractivity contribution < 1.29 is 17.9 Å². The van der Waals surface area contributed by atoms with Crippen molar-refractivity contribution in [1.29, 1.82) is 0 Å². The molecule has 0 unspecified atom stereocenters. The van der Waals surface area contributed by atoms with Crippen molar-refractivity contribution in [1.82, 2.24) is 4.72 Å². The van der Waals surface area contributed by atoms with Crippen LogP contribution in [0.25, 0.3) is 0 Å². The third-order valence-corrected chi connectivity index (χ3v) is 5.53. The average Bonchev–Trinajstić information content (AvgIpc) is 2.62. The molecule has 2 aromatic carbocycles. The summed E-state index contributed by atoms with van der Waals surface area (Å²) in [5, 5.41) is 3.32. The van der Waals surface area contributed by atoms with Crippen LogP contribution in [0.2, 0.25) is 10.0 Å². The lowest BCUT2D eigenvalue weighted by molar-refractivity contribution is -0.118. The van der Waals surface area contributed by atoms with Crippen LogP contribution in [-0.4, -0.2) is 27.5 Å². The molecule has 2 N–H and O–H groups in total. The number of nitrogens with one attached hydrogen (secondary N) is 2. The van der Waals surface area contributed by atoms with E-state index < -0.39 is 10.0 Å². The van der Waals surface area contributed by atoms with Gasteiger partial charge in [-0.05, 0) is 48.9 Å². The molecule has 0 spiro atoms. The van der Waals surface area contributed by atoms with E-state index in [9.17, 15) is 13.2 Å². The quantitative estimate of drug-likeness (QED) is 0.586. The molecular formula is C18H20Cl2N2O4S. The van der Waals surface area contributed by atoms with Crippen molar-refractivity contribution in [3.63, 3.8) is 0 Å². The normalized spacial score (nSPS) is 11.2. The summed E-state index contributed by atoms with van der Waals surface area (Å²) in [6.45, 7) is 2.06. The molecule has 9 heteroatoms. The first-order valence-electron chi connectivity index (χ1n) is 8.29. The molecule has 0 fully saturated rings. The SMILES string of the molecule is CCCCNS(=O)(=O)c1ccc(OCC(=O)Nc2ccc(Cl)cc2)c(Cl)c1. The van der Waals surface area contributed by atoms with E-state index in [-0.39, 0.29) is 28.2 Å². The average molecular weight is 431 g/mol. The van der Waals surface area contributed by atoms with E-state index in [1.807, 2.05) is 6.92 Å². The first-order chi connectivity index (χ1) is 12.8. The molecular weight excluding hydrogens is 411 g/mol. The lowest BCUT2D eigenvalue weighted by Gasteiger charge is -2.11. The fourth-order valence-corrected chi connectivity index (χ4v) is 3.63. The molecule has 2 rings (SSSR count). The number of rotatable bonds is 9. The van der Waals surface area contributed by atoms with Crippen molar-refractivity contribution in [3.8, 4) is 5.75 Å². The van der Waals surface area contributed by atoms with Gasteiger partial charge in [0.2, 0.25) is 10.0 Å². The Morgan fingerprint density at radius 1 is 1.11 bits per heavy atom. The number of anilines is 1. The summed E-state index contributed by atoms with van der Waals surface area (Å²) >= 11 is 11.9. The van der Waals surface area contributed by atoms with E-state index in [0.29, 0.717) is 17.3 Å². The number of amides is 1. The summed E-state index contributed by atoms with van der Waals surface area (Å²) in [4.78, 5) is 12.0. The second-order valence-corrected chi connectivity index (χ2v) is 8.30. The van der Waals surface area contributed by atoms with Gasteiger partial charge in [-0.3, -0.25) is 4.79 Å². The molecule has 0 aliphatic rings. The number of carbonyl (C=O) groups excluding carboxylic acids is 1. The second kappa shape index (κ2) is 9.94. The van der Waals surface area contributed by atoms with Crippen LogP contribution in [-0.2, 0) is 14.8 Å². The molecule has 0 atom stereocenters. The Balaban J connectivity index is 1.95. The zero-order valence-electron chi connectivity index (χ0n) is 14.7. The van der Waals surface area contributed by atoms with Crippen molar-refractivity contribution in [2.75, 3.05) is 18.5 Å². The highest BCUT2D eigenvalue weighted by Crippen LogP contribution is 2.27. The summed E-state index contributed by atoms with van der Waals surface area (Å²) < 4.78 is 32.2. The van der Waals surface area contributed by atoms with Crippen molar-refractivity contribution >= 4 is 44.8 Å². The molecule has 0 radical (unpaired) electrons. The number of carbonyl (C=O) groups is 1. The third kappa shape index (κ3) is 6.70. The predicted molar refractivity (Wildman–Crippen MR) is 107 cm³/mol. The Morgan fingerprint density at radius 3 is 2.44 bits per heavy atom. The summed E-state index contributed by atoms with van der Waals surface area (Å²) in [6.07, 6.45) is 1.63. The highest BCUT2D eigenvalue weighted by Gasteiger charge is 2.16. The monoisotopic (exact) mass is 430 g/mol. The Bertz CT molecular complexity index is 887. The summed E-state index contributed by atoms with van der Waals surface area (Å²) in [7, 11) is -3.63. The van der Waals surface area contributed by atoms with Gasteiger partial charge in [0.25, 0.3) is 5.91 Å². The van der Waals surface area contributed by atoms with E-state index >= 15 is 0 Å². The van der Waals surface area contributed by atoms with E-state index in [1.54, 1.807) is 24.3 Å².